The van der Waals surface area contributed by atoms with Crippen LogP contribution in [0.2, 0.25) is 0 Å². The number of nitrogens with one attached hydrogen (secondary N) is 2. The van der Waals surface area contributed by atoms with Crippen molar-refractivity contribution in [2.24, 2.45) is 5.92 Å². The molecule has 6 nitrogen and oxygen atoms in total. The van der Waals surface area contributed by atoms with Crippen molar-refractivity contribution < 1.29 is 32.5 Å². The molecule has 0 radical (unpaired) electrons. The van der Waals surface area contributed by atoms with E-state index in [0.29, 0.717) is 12.4 Å². The number of hydrogen-bond donors (Lipinski definition) is 3. The van der Waals surface area contributed by atoms with Gasteiger partial charge in [0, 0.05) is 5.56 Å². The SMILES string of the molecule is CCOc1ccc([C@@H]2NC(=S)N[C@@](O)(C(F)(F)F)[C@H]2C(=O)c2ccccc2)cc1OC. The number of Topliss-reactive ketones (excluding diaryl/α,β-unsaturated/α-hetero) is 1. The molecule has 0 amide bonds. The molecule has 1 aliphatic heterocycles. The van der Waals surface area contributed by atoms with Gasteiger partial charge in [-0.15, -0.1) is 0 Å². The fourth-order valence-corrected chi connectivity index (χ4v) is 3.83. The first-order valence-electron chi connectivity index (χ1n) is 9.40. The number of carbonyl (C=O) groups excluding carboxylic acids is 1. The highest BCUT2D eigenvalue weighted by Crippen LogP contribution is 2.45. The quantitative estimate of drug-likeness (QED) is 0.456. The van der Waals surface area contributed by atoms with E-state index < -0.39 is 34.8 Å². The number of ether oxygens (including phenoxy) is 2. The molecule has 0 aromatic heterocycles. The number of rotatable bonds is 6. The second kappa shape index (κ2) is 8.72. The minimum Gasteiger partial charge on any atom is -0.493 e. The van der Waals surface area contributed by atoms with Gasteiger partial charge in [-0.25, -0.2) is 0 Å². The molecular formula is C21H21F3N2O4S. The Labute approximate surface area is 182 Å². The Kier molecular flexibility index (Phi) is 6.42. The van der Waals surface area contributed by atoms with Crippen LogP contribution < -0.4 is 20.1 Å². The summed E-state index contributed by atoms with van der Waals surface area (Å²) < 4.78 is 52.8. The minimum absolute atomic E-state index is 0.0227. The topological polar surface area (TPSA) is 79.8 Å². The lowest BCUT2D eigenvalue weighted by Crippen LogP contribution is -2.72. The zero-order valence-electron chi connectivity index (χ0n) is 16.7. The van der Waals surface area contributed by atoms with Gasteiger partial charge in [0.15, 0.2) is 22.4 Å². The summed E-state index contributed by atoms with van der Waals surface area (Å²) in [5.74, 6) is -2.22. The Morgan fingerprint density at radius 2 is 1.87 bits per heavy atom. The number of thiocarbonyl (C=S) groups is 1. The number of halogens is 3. The lowest BCUT2D eigenvalue weighted by Gasteiger charge is -2.46. The number of benzene rings is 2. The summed E-state index contributed by atoms with van der Waals surface area (Å²) in [5, 5.41) is 14.9. The van der Waals surface area contributed by atoms with Gasteiger partial charge < -0.3 is 25.2 Å². The highest BCUT2D eigenvalue weighted by atomic mass is 32.1. The number of hydrogen-bond acceptors (Lipinski definition) is 5. The smallest absolute Gasteiger partial charge is 0.437 e. The predicted octanol–water partition coefficient (Wildman–Crippen LogP) is 3.36. The standard InChI is InChI=1S/C21H21F3N2O4S/c1-3-30-14-10-9-13(11-15(14)29-2)17-16(18(27)12-7-5-4-6-8-12)20(28,21(22,23)24)26-19(31)25-17/h4-11,16-17,28H,3H2,1-2H3,(H2,25,26,31)/t16-,17+,20+/m1/s1. The number of carbonyl (C=O) groups is 1. The minimum atomic E-state index is -5.19. The van der Waals surface area contributed by atoms with Crippen LogP contribution >= 0.6 is 12.2 Å². The van der Waals surface area contributed by atoms with E-state index in [1.54, 1.807) is 13.0 Å². The lowest BCUT2D eigenvalue weighted by molar-refractivity contribution is -0.285. The highest BCUT2D eigenvalue weighted by molar-refractivity contribution is 7.80. The number of ketones is 1. The summed E-state index contributed by atoms with van der Waals surface area (Å²) in [4.78, 5) is 13.2. The van der Waals surface area contributed by atoms with Crippen LogP contribution in [0.5, 0.6) is 11.5 Å². The van der Waals surface area contributed by atoms with Crippen molar-refractivity contribution in [3.63, 3.8) is 0 Å². The highest BCUT2D eigenvalue weighted by Gasteiger charge is 2.65. The molecule has 3 atom stereocenters. The number of methoxy groups -OCH3 is 1. The van der Waals surface area contributed by atoms with Crippen LogP contribution in [-0.2, 0) is 0 Å². The summed E-state index contributed by atoms with van der Waals surface area (Å²) in [5.41, 5.74) is -3.30. The molecular weight excluding hydrogens is 433 g/mol. The third-order valence-corrected chi connectivity index (χ3v) is 5.21. The van der Waals surface area contributed by atoms with Crippen molar-refractivity contribution in [1.82, 2.24) is 10.6 Å². The molecule has 0 unspecified atom stereocenters. The third-order valence-electron chi connectivity index (χ3n) is 4.99. The fraction of sp³-hybridized carbons (Fsp3) is 0.333. The van der Waals surface area contributed by atoms with E-state index in [1.165, 1.54) is 49.6 Å². The van der Waals surface area contributed by atoms with Crippen molar-refractivity contribution >= 4 is 23.1 Å². The average molecular weight is 454 g/mol. The summed E-state index contributed by atoms with van der Waals surface area (Å²) in [6.07, 6.45) is -5.19. The first-order valence-corrected chi connectivity index (χ1v) is 9.81. The van der Waals surface area contributed by atoms with Crippen molar-refractivity contribution in [3.8, 4) is 11.5 Å². The lowest BCUT2D eigenvalue weighted by atomic mass is 9.77. The van der Waals surface area contributed by atoms with E-state index >= 15 is 0 Å². The van der Waals surface area contributed by atoms with Gasteiger partial charge in [-0.05, 0) is 36.8 Å². The normalized spacial score (nSPS) is 23.5. The molecule has 1 fully saturated rings. The van der Waals surface area contributed by atoms with Crippen molar-refractivity contribution in [2.75, 3.05) is 13.7 Å². The Hall–Kier alpha value is -2.85. The second-order valence-corrected chi connectivity index (χ2v) is 7.30. The van der Waals surface area contributed by atoms with Crippen LogP contribution in [0, 0.1) is 5.92 Å². The maximum absolute atomic E-state index is 14.0. The third kappa shape index (κ3) is 4.31. The molecule has 3 rings (SSSR count). The van der Waals surface area contributed by atoms with Crippen LogP contribution in [-0.4, -0.2) is 41.6 Å². The molecule has 2 aromatic rings. The van der Waals surface area contributed by atoms with E-state index in [9.17, 15) is 23.1 Å². The molecule has 0 saturated carbocycles. The van der Waals surface area contributed by atoms with E-state index in [0.717, 1.165) is 0 Å². The Balaban J connectivity index is 2.16. The molecule has 0 bridgehead atoms. The van der Waals surface area contributed by atoms with Gasteiger partial charge in [-0.2, -0.15) is 13.2 Å². The summed E-state index contributed by atoms with van der Waals surface area (Å²) in [6.45, 7) is 2.13. The van der Waals surface area contributed by atoms with Gasteiger partial charge in [0.05, 0.1) is 19.8 Å². The first-order chi connectivity index (χ1) is 14.6. The maximum Gasteiger partial charge on any atom is 0.437 e. The van der Waals surface area contributed by atoms with Gasteiger partial charge in [0.2, 0.25) is 5.72 Å². The summed E-state index contributed by atoms with van der Waals surface area (Å²) in [6, 6.07) is 10.7. The molecule has 166 valence electrons. The second-order valence-electron chi connectivity index (χ2n) is 6.89. The average Bonchev–Trinajstić information content (AvgIpc) is 2.73. The number of aliphatic hydroxyl groups is 1. The molecule has 2 aromatic carbocycles. The molecule has 10 heteroatoms. The van der Waals surface area contributed by atoms with Crippen molar-refractivity contribution in [1.29, 1.82) is 0 Å². The van der Waals surface area contributed by atoms with Crippen LogP contribution in [0.25, 0.3) is 0 Å². The van der Waals surface area contributed by atoms with Crippen LogP contribution in [0.4, 0.5) is 13.2 Å². The molecule has 1 heterocycles. The van der Waals surface area contributed by atoms with E-state index in [-0.39, 0.29) is 16.9 Å². The predicted molar refractivity (Wildman–Crippen MR) is 111 cm³/mol. The van der Waals surface area contributed by atoms with Gasteiger partial charge >= 0.3 is 6.18 Å². The van der Waals surface area contributed by atoms with Crippen LogP contribution in [0.1, 0.15) is 28.9 Å². The van der Waals surface area contributed by atoms with E-state index in [1.807, 2.05) is 5.32 Å². The number of alkyl halides is 3. The van der Waals surface area contributed by atoms with Gasteiger partial charge in [0.25, 0.3) is 0 Å². The van der Waals surface area contributed by atoms with Gasteiger partial charge in [-0.3, -0.25) is 4.79 Å². The van der Waals surface area contributed by atoms with Crippen LogP contribution in [0.3, 0.4) is 0 Å². The molecule has 0 spiro atoms. The first kappa shape index (κ1) is 22.8. The molecule has 0 aliphatic carbocycles. The van der Waals surface area contributed by atoms with Crippen molar-refractivity contribution in [2.45, 2.75) is 24.9 Å². The van der Waals surface area contributed by atoms with Gasteiger partial charge in [0.1, 0.15) is 5.92 Å². The van der Waals surface area contributed by atoms with Crippen molar-refractivity contribution in [3.05, 3.63) is 59.7 Å². The fourth-order valence-electron chi connectivity index (χ4n) is 3.55. The van der Waals surface area contributed by atoms with Crippen LogP contribution in [0.15, 0.2) is 48.5 Å². The molecule has 1 saturated heterocycles. The van der Waals surface area contributed by atoms with E-state index in [2.05, 4.69) is 5.32 Å². The zero-order chi connectivity index (χ0) is 22.8. The Morgan fingerprint density at radius 3 is 2.45 bits per heavy atom. The Bertz CT molecular complexity index is 971. The van der Waals surface area contributed by atoms with E-state index in [4.69, 9.17) is 21.7 Å². The zero-order valence-corrected chi connectivity index (χ0v) is 17.5. The largest absolute Gasteiger partial charge is 0.493 e. The van der Waals surface area contributed by atoms with Gasteiger partial charge in [-0.1, -0.05) is 36.4 Å². The maximum atomic E-state index is 14.0. The monoisotopic (exact) mass is 454 g/mol. The Morgan fingerprint density at radius 1 is 1.19 bits per heavy atom. The molecule has 31 heavy (non-hydrogen) atoms. The molecule has 3 N–H and O–H groups in total. The summed E-state index contributed by atoms with van der Waals surface area (Å²) >= 11 is 4.94. The molecule has 1 aliphatic rings. The summed E-state index contributed by atoms with van der Waals surface area (Å²) in [7, 11) is 1.39.